The third-order valence-corrected chi connectivity index (χ3v) is 5.50. The lowest BCUT2D eigenvalue weighted by Crippen LogP contribution is -2.49. The third-order valence-electron chi connectivity index (χ3n) is 4.61. The van der Waals surface area contributed by atoms with Gasteiger partial charge in [0.15, 0.2) is 10.8 Å². The van der Waals surface area contributed by atoms with Crippen molar-refractivity contribution >= 4 is 11.3 Å². The summed E-state index contributed by atoms with van der Waals surface area (Å²) in [6.45, 7) is 7.89. The van der Waals surface area contributed by atoms with Crippen molar-refractivity contribution in [3.05, 3.63) is 29.5 Å². The Balaban J connectivity index is 1.35. The van der Waals surface area contributed by atoms with Crippen LogP contribution in [0.4, 0.5) is 0 Å². The summed E-state index contributed by atoms with van der Waals surface area (Å²) in [5, 5.41) is 6.49. The van der Waals surface area contributed by atoms with Crippen molar-refractivity contribution in [1.29, 1.82) is 0 Å². The molecule has 0 aliphatic carbocycles. The summed E-state index contributed by atoms with van der Waals surface area (Å²) in [4.78, 5) is 18.4. The molecule has 122 valence electrons. The summed E-state index contributed by atoms with van der Waals surface area (Å²) < 4.78 is 0. The molecule has 0 radical (unpaired) electrons. The number of nitrogens with zero attached hydrogens (tertiary/aromatic N) is 5. The molecule has 23 heavy (non-hydrogen) atoms. The highest BCUT2D eigenvalue weighted by Crippen LogP contribution is 2.23. The molecule has 0 aromatic carbocycles. The van der Waals surface area contributed by atoms with Crippen LogP contribution in [0.15, 0.2) is 23.8 Å². The van der Waals surface area contributed by atoms with E-state index in [2.05, 4.69) is 30.5 Å². The van der Waals surface area contributed by atoms with E-state index in [1.807, 2.05) is 6.07 Å². The molecule has 2 aromatic heterocycles. The molecule has 0 amide bonds. The van der Waals surface area contributed by atoms with Crippen LogP contribution < -0.4 is 5.32 Å². The summed E-state index contributed by atoms with van der Waals surface area (Å²) in [5.41, 5.74) is 1.14. The minimum Gasteiger partial charge on any atom is -0.314 e. The lowest BCUT2D eigenvalue weighted by Gasteiger charge is -2.32. The van der Waals surface area contributed by atoms with E-state index in [-0.39, 0.29) is 0 Å². The van der Waals surface area contributed by atoms with Gasteiger partial charge in [0.2, 0.25) is 0 Å². The summed E-state index contributed by atoms with van der Waals surface area (Å²) in [5.74, 6) is 0.726. The van der Waals surface area contributed by atoms with Crippen molar-refractivity contribution in [2.45, 2.75) is 19.0 Å². The minimum absolute atomic E-state index is 0.715. The molecule has 2 aliphatic rings. The van der Waals surface area contributed by atoms with Gasteiger partial charge in [-0.3, -0.25) is 9.80 Å². The van der Waals surface area contributed by atoms with Crippen LogP contribution in [-0.4, -0.2) is 70.1 Å². The molecule has 1 unspecified atom stereocenters. The average molecular weight is 330 g/mol. The number of rotatable bonds is 4. The van der Waals surface area contributed by atoms with Crippen molar-refractivity contribution in [2.24, 2.45) is 0 Å². The Bertz CT molecular complexity index is 625. The maximum atomic E-state index is 4.71. The normalized spacial score (nSPS) is 23.4. The van der Waals surface area contributed by atoms with Crippen molar-refractivity contribution in [3.8, 4) is 10.8 Å². The van der Waals surface area contributed by atoms with Crippen molar-refractivity contribution in [1.82, 2.24) is 30.1 Å². The first-order valence-corrected chi connectivity index (χ1v) is 9.15. The summed E-state index contributed by atoms with van der Waals surface area (Å²) in [6, 6.07) is 2.55. The van der Waals surface area contributed by atoms with Gasteiger partial charge in [-0.1, -0.05) is 0 Å². The smallest absolute Gasteiger partial charge is 0.188 e. The zero-order valence-corrected chi connectivity index (χ0v) is 14.0. The van der Waals surface area contributed by atoms with Gasteiger partial charge in [-0.25, -0.2) is 15.0 Å². The Hall–Kier alpha value is -1.41. The van der Waals surface area contributed by atoms with Gasteiger partial charge in [0.25, 0.3) is 0 Å². The zero-order valence-electron chi connectivity index (χ0n) is 13.2. The highest BCUT2D eigenvalue weighted by atomic mass is 32.1. The Morgan fingerprint density at radius 3 is 2.83 bits per heavy atom. The maximum Gasteiger partial charge on any atom is 0.188 e. The van der Waals surface area contributed by atoms with Crippen LogP contribution in [0.25, 0.3) is 10.8 Å². The van der Waals surface area contributed by atoms with Gasteiger partial charge in [0.05, 0.1) is 5.69 Å². The summed E-state index contributed by atoms with van der Waals surface area (Å²) >= 11 is 1.63. The molecule has 0 bridgehead atoms. The van der Waals surface area contributed by atoms with E-state index in [1.54, 1.807) is 23.7 Å². The van der Waals surface area contributed by atoms with Gasteiger partial charge in [-0.05, 0) is 12.5 Å². The van der Waals surface area contributed by atoms with Crippen molar-refractivity contribution in [3.63, 3.8) is 0 Å². The predicted octanol–water partition coefficient (Wildman–Crippen LogP) is 1.08. The first kappa shape index (κ1) is 15.1. The van der Waals surface area contributed by atoms with E-state index >= 15 is 0 Å². The Kier molecular flexibility index (Phi) is 4.61. The molecule has 4 rings (SSSR count). The number of thiazole rings is 1. The fourth-order valence-corrected chi connectivity index (χ4v) is 4.18. The SMILES string of the molecule is c1cnc(-c2nc(CN3CCC(N4CCNCC4)C3)cs2)nc1. The van der Waals surface area contributed by atoms with Gasteiger partial charge >= 0.3 is 0 Å². The first-order valence-electron chi connectivity index (χ1n) is 8.27. The molecule has 6 nitrogen and oxygen atoms in total. The van der Waals surface area contributed by atoms with Gasteiger partial charge < -0.3 is 5.32 Å². The maximum absolute atomic E-state index is 4.71. The van der Waals surface area contributed by atoms with Crippen LogP contribution in [0, 0.1) is 0 Å². The molecule has 2 saturated heterocycles. The average Bonchev–Trinajstić information content (AvgIpc) is 3.27. The molecular weight excluding hydrogens is 308 g/mol. The molecule has 0 saturated carbocycles. The van der Waals surface area contributed by atoms with E-state index in [1.165, 1.54) is 26.1 Å². The molecule has 1 atom stereocenters. The predicted molar refractivity (Wildman–Crippen MR) is 91.3 cm³/mol. The van der Waals surface area contributed by atoms with Crippen LogP contribution in [0.1, 0.15) is 12.1 Å². The van der Waals surface area contributed by atoms with E-state index in [0.717, 1.165) is 42.7 Å². The minimum atomic E-state index is 0.715. The second-order valence-electron chi connectivity index (χ2n) is 6.18. The second-order valence-corrected chi connectivity index (χ2v) is 7.04. The topological polar surface area (TPSA) is 57.2 Å². The lowest BCUT2D eigenvalue weighted by atomic mass is 10.2. The molecule has 1 N–H and O–H groups in total. The van der Waals surface area contributed by atoms with Gasteiger partial charge in [0.1, 0.15) is 0 Å². The summed E-state index contributed by atoms with van der Waals surface area (Å²) in [7, 11) is 0. The number of aromatic nitrogens is 3. The van der Waals surface area contributed by atoms with E-state index in [0.29, 0.717) is 6.04 Å². The van der Waals surface area contributed by atoms with Crippen molar-refractivity contribution in [2.75, 3.05) is 39.3 Å². The largest absolute Gasteiger partial charge is 0.314 e. The molecule has 2 fully saturated rings. The van der Waals surface area contributed by atoms with Crippen LogP contribution in [0.5, 0.6) is 0 Å². The highest BCUT2D eigenvalue weighted by molar-refractivity contribution is 7.13. The summed E-state index contributed by atoms with van der Waals surface area (Å²) in [6.07, 6.45) is 4.81. The number of hydrogen-bond donors (Lipinski definition) is 1. The van der Waals surface area contributed by atoms with E-state index in [4.69, 9.17) is 4.98 Å². The van der Waals surface area contributed by atoms with Crippen LogP contribution in [0.3, 0.4) is 0 Å². The fourth-order valence-electron chi connectivity index (χ4n) is 3.42. The highest BCUT2D eigenvalue weighted by Gasteiger charge is 2.28. The number of nitrogens with one attached hydrogen (secondary N) is 1. The fraction of sp³-hybridized carbons (Fsp3) is 0.562. The zero-order chi connectivity index (χ0) is 15.5. The standard InChI is InChI=1S/C16H22N6S/c1-3-18-15(19-4-1)16-20-13(12-23-16)10-21-7-2-14(11-21)22-8-5-17-6-9-22/h1,3-4,12,14,17H,2,5-11H2. The Labute approximate surface area is 140 Å². The van der Waals surface area contributed by atoms with Gasteiger partial charge in [-0.2, -0.15) is 0 Å². The molecular formula is C16H22N6S. The molecule has 7 heteroatoms. The van der Waals surface area contributed by atoms with Gasteiger partial charge in [0, 0.05) is 69.6 Å². The Morgan fingerprint density at radius 2 is 2.00 bits per heavy atom. The first-order chi connectivity index (χ1) is 11.4. The lowest BCUT2D eigenvalue weighted by molar-refractivity contribution is 0.170. The second kappa shape index (κ2) is 7.00. The monoisotopic (exact) mass is 330 g/mol. The molecule has 0 spiro atoms. The van der Waals surface area contributed by atoms with Gasteiger partial charge in [-0.15, -0.1) is 11.3 Å². The van der Waals surface area contributed by atoms with E-state index < -0.39 is 0 Å². The number of likely N-dealkylation sites (tertiary alicyclic amines) is 1. The third kappa shape index (κ3) is 3.58. The van der Waals surface area contributed by atoms with Crippen LogP contribution in [0.2, 0.25) is 0 Å². The van der Waals surface area contributed by atoms with E-state index in [9.17, 15) is 0 Å². The quantitative estimate of drug-likeness (QED) is 0.905. The molecule has 2 aliphatic heterocycles. The number of piperazine rings is 1. The van der Waals surface area contributed by atoms with Crippen LogP contribution >= 0.6 is 11.3 Å². The Morgan fingerprint density at radius 1 is 1.17 bits per heavy atom. The molecule has 4 heterocycles. The van der Waals surface area contributed by atoms with Crippen molar-refractivity contribution < 1.29 is 0 Å². The number of hydrogen-bond acceptors (Lipinski definition) is 7. The van der Waals surface area contributed by atoms with Crippen LogP contribution in [-0.2, 0) is 6.54 Å². The molecule has 2 aromatic rings.